The van der Waals surface area contributed by atoms with Crippen LogP contribution >= 0.6 is 0 Å². The maximum absolute atomic E-state index is 12.2. The highest BCUT2D eigenvalue weighted by Gasteiger charge is 2.21. The van der Waals surface area contributed by atoms with E-state index in [-0.39, 0.29) is 17.9 Å². The summed E-state index contributed by atoms with van der Waals surface area (Å²) in [5.41, 5.74) is 0.847. The number of nitrogens with one attached hydrogen (secondary N) is 1. The summed E-state index contributed by atoms with van der Waals surface area (Å²) in [5, 5.41) is 3.02. The van der Waals surface area contributed by atoms with Gasteiger partial charge >= 0.3 is 0 Å². The zero-order valence-electron chi connectivity index (χ0n) is 13.1. The fourth-order valence-electron chi connectivity index (χ4n) is 3.21. The minimum Gasteiger partial charge on any atom is -0.491 e. The van der Waals surface area contributed by atoms with Gasteiger partial charge in [-0.2, -0.15) is 0 Å². The third-order valence-corrected chi connectivity index (χ3v) is 4.56. The first-order chi connectivity index (χ1) is 10.8. The molecule has 1 aromatic rings. The van der Waals surface area contributed by atoms with Gasteiger partial charge in [0, 0.05) is 18.2 Å². The Morgan fingerprint density at radius 3 is 2.55 bits per heavy atom. The van der Waals surface area contributed by atoms with E-state index in [1.807, 2.05) is 24.3 Å². The van der Waals surface area contributed by atoms with Crippen molar-refractivity contribution in [2.45, 2.75) is 51.0 Å². The van der Waals surface area contributed by atoms with E-state index in [4.69, 9.17) is 9.47 Å². The molecular weight excluding hydrogens is 278 g/mol. The molecule has 3 rings (SSSR count). The Morgan fingerprint density at radius 1 is 1.09 bits per heavy atom. The van der Waals surface area contributed by atoms with Gasteiger partial charge in [0.05, 0.1) is 6.10 Å². The summed E-state index contributed by atoms with van der Waals surface area (Å²) in [7, 11) is 0. The van der Waals surface area contributed by atoms with Gasteiger partial charge in [0.25, 0.3) is 0 Å². The van der Waals surface area contributed by atoms with Crippen LogP contribution in [0.15, 0.2) is 24.3 Å². The van der Waals surface area contributed by atoms with Crippen molar-refractivity contribution in [2.75, 3.05) is 18.5 Å². The first-order valence-corrected chi connectivity index (χ1v) is 8.46. The van der Waals surface area contributed by atoms with E-state index in [1.54, 1.807) is 0 Å². The van der Waals surface area contributed by atoms with E-state index in [0.717, 1.165) is 43.7 Å². The molecule has 1 saturated heterocycles. The molecule has 120 valence electrons. The first-order valence-electron chi connectivity index (χ1n) is 8.46. The highest BCUT2D eigenvalue weighted by atomic mass is 16.5. The second-order valence-corrected chi connectivity index (χ2v) is 6.29. The molecule has 1 aliphatic heterocycles. The number of hydrogen-bond acceptors (Lipinski definition) is 3. The van der Waals surface area contributed by atoms with Crippen LogP contribution in [-0.2, 0) is 9.53 Å². The zero-order valence-corrected chi connectivity index (χ0v) is 13.1. The number of ether oxygens (including phenoxy) is 2. The Hall–Kier alpha value is -1.55. The van der Waals surface area contributed by atoms with Crippen LogP contribution in [0, 0.1) is 5.92 Å². The van der Waals surface area contributed by atoms with Crippen molar-refractivity contribution in [3.05, 3.63) is 24.3 Å². The molecule has 0 aromatic heterocycles. The lowest BCUT2D eigenvalue weighted by molar-refractivity contribution is -0.120. The van der Waals surface area contributed by atoms with Crippen molar-refractivity contribution >= 4 is 11.6 Å². The van der Waals surface area contributed by atoms with Crippen molar-refractivity contribution in [3.63, 3.8) is 0 Å². The molecule has 2 fully saturated rings. The lowest BCUT2D eigenvalue weighted by Crippen LogP contribution is -2.24. The molecule has 1 N–H and O–H groups in total. The van der Waals surface area contributed by atoms with Crippen LogP contribution in [0.2, 0.25) is 0 Å². The summed E-state index contributed by atoms with van der Waals surface area (Å²) >= 11 is 0. The largest absolute Gasteiger partial charge is 0.491 e. The smallest absolute Gasteiger partial charge is 0.227 e. The zero-order chi connectivity index (χ0) is 15.2. The SMILES string of the molecule is O=C(Nc1ccc(OCC2CCCO2)cc1)C1CCCCC1. The molecule has 0 bridgehead atoms. The Balaban J connectivity index is 1.47. The maximum Gasteiger partial charge on any atom is 0.227 e. The van der Waals surface area contributed by atoms with E-state index < -0.39 is 0 Å². The fourth-order valence-corrected chi connectivity index (χ4v) is 3.21. The van der Waals surface area contributed by atoms with Crippen LogP contribution in [0.4, 0.5) is 5.69 Å². The Bertz CT molecular complexity index is 474. The molecule has 2 aliphatic rings. The summed E-state index contributed by atoms with van der Waals surface area (Å²) in [6.07, 6.45) is 8.09. The molecule has 1 heterocycles. The number of anilines is 1. The quantitative estimate of drug-likeness (QED) is 0.901. The summed E-state index contributed by atoms with van der Waals surface area (Å²) in [4.78, 5) is 12.2. The fraction of sp³-hybridized carbons (Fsp3) is 0.611. The third-order valence-electron chi connectivity index (χ3n) is 4.56. The lowest BCUT2D eigenvalue weighted by Gasteiger charge is -2.20. The van der Waals surface area contributed by atoms with Gasteiger partial charge in [-0.25, -0.2) is 0 Å². The van der Waals surface area contributed by atoms with Gasteiger partial charge in [-0.15, -0.1) is 0 Å². The molecule has 1 unspecified atom stereocenters. The van der Waals surface area contributed by atoms with Crippen LogP contribution in [0.25, 0.3) is 0 Å². The van der Waals surface area contributed by atoms with E-state index in [9.17, 15) is 4.79 Å². The normalized spacial score (nSPS) is 22.5. The van der Waals surface area contributed by atoms with Gasteiger partial charge in [0.15, 0.2) is 0 Å². The van der Waals surface area contributed by atoms with Crippen LogP contribution in [0.3, 0.4) is 0 Å². The summed E-state index contributed by atoms with van der Waals surface area (Å²) in [5.74, 6) is 1.17. The average molecular weight is 303 g/mol. The van der Waals surface area contributed by atoms with E-state index in [1.165, 1.54) is 19.3 Å². The molecule has 1 aliphatic carbocycles. The molecule has 4 heteroatoms. The number of carbonyl (C=O) groups is 1. The van der Waals surface area contributed by atoms with Crippen molar-refractivity contribution in [1.29, 1.82) is 0 Å². The molecule has 4 nitrogen and oxygen atoms in total. The van der Waals surface area contributed by atoms with Crippen LogP contribution in [0.1, 0.15) is 44.9 Å². The lowest BCUT2D eigenvalue weighted by atomic mass is 9.88. The van der Waals surface area contributed by atoms with Crippen molar-refractivity contribution in [2.24, 2.45) is 5.92 Å². The van der Waals surface area contributed by atoms with Crippen LogP contribution in [-0.4, -0.2) is 25.2 Å². The number of benzene rings is 1. The number of carbonyl (C=O) groups excluding carboxylic acids is 1. The predicted molar refractivity (Wildman–Crippen MR) is 86.1 cm³/mol. The number of rotatable bonds is 5. The molecule has 1 atom stereocenters. The van der Waals surface area contributed by atoms with Crippen molar-refractivity contribution < 1.29 is 14.3 Å². The van der Waals surface area contributed by atoms with Crippen LogP contribution < -0.4 is 10.1 Å². The number of amides is 1. The Morgan fingerprint density at radius 2 is 1.86 bits per heavy atom. The van der Waals surface area contributed by atoms with Gasteiger partial charge in [0.1, 0.15) is 12.4 Å². The van der Waals surface area contributed by atoms with Gasteiger partial charge in [-0.3, -0.25) is 4.79 Å². The predicted octanol–water partition coefficient (Wildman–Crippen LogP) is 3.76. The van der Waals surface area contributed by atoms with Gasteiger partial charge in [-0.1, -0.05) is 19.3 Å². The van der Waals surface area contributed by atoms with Crippen molar-refractivity contribution in [3.8, 4) is 5.75 Å². The molecule has 1 aromatic carbocycles. The maximum atomic E-state index is 12.2. The van der Waals surface area contributed by atoms with Gasteiger partial charge < -0.3 is 14.8 Å². The summed E-state index contributed by atoms with van der Waals surface area (Å²) < 4.78 is 11.3. The second-order valence-electron chi connectivity index (χ2n) is 6.29. The highest BCUT2D eigenvalue weighted by molar-refractivity contribution is 5.92. The summed E-state index contributed by atoms with van der Waals surface area (Å²) in [6.45, 7) is 1.45. The van der Waals surface area contributed by atoms with E-state index in [2.05, 4.69) is 5.32 Å². The van der Waals surface area contributed by atoms with E-state index >= 15 is 0 Å². The standard InChI is InChI=1S/C18H25NO3/c20-18(14-5-2-1-3-6-14)19-15-8-10-16(11-9-15)22-13-17-7-4-12-21-17/h8-11,14,17H,1-7,12-13H2,(H,19,20). The molecular formula is C18H25NO3. The molecule has 0 radical (unpaired) electrons. The molecule has 22 heavy (non-hydrogen) atoms. The second kappa shape index (κ2) is 7.63. The van der Waals surface area contributed by atoms with E-state index in [0.29, 0.717) is 6.61 Å². The van der Waals surface area contributed by atoms with Gasteiger partial charge in [-0.05, 0) is 49.9 Å². The number of hydrogen-bond donors (Lipinski definition) is 1. The Kier molecular flexibility index (Phi) is 5.33. The molecule has 0 spiro atoms. The Labute approximate surface area is 132 Å². The topological polar surface area (TPSA) is 47.6 Å². The molecule has 1 amide bonds. The minimum atomic E-state index is 0.160. The molecule has 1 saturated carbocycles. The first kappa shape index (κ1) is 15.3. The summed E-state index contributed by atoms with van der Waals surface area (Å²) in [6, 6.07) is 7.63. The average Bonchev–Trinajstić information content (AvgIpc) is 3.08. The van der Waals surface area contributed by atoms with Crippen molar-refractivity contribution in [1.82, 2.24) is 0 Å². The van der Waals surface area contributed by atoms with Crippen LogP contribution in [0.5, 0.6) is 5.75 Å². The third kappa shape index (κ3) is 4.23. The minimum absolute atomic E-state index is 0.160. The van der Waals surface area contributed by atoms with Gasteiger partial charge in [0.2, 0.25) is 5.91 Å². The highest BCUT2D eigenvalue weighted by Crippen LogP contribution is 2.25. The monoisotopic (exact) mass is 303 g/mol.